The predicted octanol–water partition coefficient (Wildman–Crippen LogP) is 4.01. The number of aromatic nitrogens is 2. The van der Waals surface area contributed by atoms with Gasteiger partial charge in [0.05, 0.1) is 0 Å². The Morgan fingerprint density at radius 2 is 1.70 bits per heavy atom. The van der Waals surface area contributed by atoms with Gasteiger partial charge in [-0.15, -0.1) is 0 Å². The van der Waals surface area contributed by atoms with Gasteiger partial charge >= 0.3 is 0 Å². The van der Waals surface area contributed by atoms with Gasteiger partial charge in [0.2, 0.25) is 0 Å². The number of nitrogens with zero attached hydrogens (tertiary/aromatic N) is 3. The molecule has 1 saturated heterocycles. The first kappa shape index (κ1) is 14.5. The van der Waals surface area contributed by atoms with Crippen LogP contribution >= 0.6 is 0 Å². The molecule has 1 fully saturated rings. The largest absolute Gasteiger partial charge is 0.372 e. The van der Waals surface area contributed by atoms with Crippen molar-refractivity contribution in [3.63, 3.8) is 0 Å². The lowest BCUT2D eigenvalue weighted by Gasteiger charge is -2.28. The third-order valence-electron chi connectivity index (χ3n) is 4.90. The van der Waals surface area contributed by atoms with Gasteiger partial charge in [-0.2, -0.15) is 0 Å². The standard InChI is InChI=1S/C19H24N4/c1-14-20-18-7-5-6-17(18)19(21-14)22-15-8-10-16(11-9-15)23-12-3-2-4-13-23/h8-11H,2-7,12-13H2,1H3,(H,20,21,22). The molecule has 1 aromatic heterocycles. The van der Waals surface area contributed by atoms with E-state index in [9.17, 15) is 0 Å². The summed E-state index contributed by atoms with van der Waals surface area (Å²) in [4.78, 5) is 11.7. The first-order chi connectivity index (χ1) is 11.3. The molecule has 23 heavy (non-hydrogen) atoms. The van der Waals surface area contributed by atoms with E-state index in [-0.39, 0.29) is 0 Å². The highest BCUT2D eigenvalue weighted by Gasteiger charge is 2.18. The first-order valence-electron chi connectivity index (χ1n) is 8.78. The molecule has 4 rings (SSSR count). The van der Waals surface area contributed by atoms with E-state index < -0.39 is 0 Å². The number of hydrogen-bond acceptors (Lipinski definition) is 4. The van der Waals surface area contributed by atoms with Crippen molar-refractivity contribution in [3.8, 4) is 0 Å². The van der Waals surface area contributed by atoms with Gasteiger partial charge in [0.1, 0.15) is 11.6 Å². The van der Waals surface area contributed by atoms with E-state index in [1.54, 1.807) is 0 Å². The normalized spacial score (nSPS) is 17.2. The molecule has 4 nitrogen and oxygen atoms in total. The molecule has 0 radical (unpaired) electrons. The van der Waals surface area contributed by atoms with Crippen molar-refractivity contribution < 1.29 is 0 Å². The fourth-order valence-electron chi connectivity index (χ4n) is 3.70. The average Bonchev–Trinajstić information content (AvgIpc) is 3.05. The fraction of sp³-hybridized carbons (Fsp3) is 0.474. The number of aryl methyl sites for hydroxylation is 2. The molecule has 0 atom stereocenters. The number of hydrogen-bond donors (Lipinski definition) is 1. The van der Waals surface area contributed by atoms with Crippen molar-refractivity contribution in [2.75, 3.05) is 23.3 Å². The Kier molecular flexibility index (Phi) is 3.90. The minimum Gasteiger partial charge on any atom is -0.372 e. The van der Waals surface area contributed by atoms with Crippen LogP contribution in [0.5, 0.6) is 0 Å². The van der Waals surface area contributed by atoms with Gasteiger partial charge in [0, 0.05) is 35.7 Å². The van der Waals surface area contributed by atoms with Gasteiger partial charge < -0.3 is 10.2 Å². The van der Waals surface area contributed by atoms with Crippen LogP contribution in [-0.4, -0.2) is 23.1 Å². The maximum absolute atomic E-state index is 4.62. The molecule has 1 aromatic carbocycles. The number of nitrogens with one attached hydrogen (secondary N) is 1. The second-order valence-electron chi connectivity index (χ2n) is 6.62. The van der Waals surface area contributed by atoms with Crippen LogP contribution in [0.25, 0.3) is 0 Å². The van der Waals surface area contributed by atoms with E-state index in [4.69, 9.17) is 0 Å². The van der Waals surface area contributed by atoms with Gasteiger partial charge in [-0.05, 0) is 69.7 Å². The molecule has 0 spiro atoms. The molecular weight excluding hydrogens is 284 g/mol. The molecular formula is C19H24N4. The maximum atomic E-state index is 4.62. The van der Waals surface area contributed by atoms with Crippen molar-refractivity contribution in [2.24, 2.45) is 0 Å². The molecule has 0 unspecified atom stereocenters. The van der Waals surface area contributed by atoms with Crippen molar-refractivity contribution >= 4 is 17.2 Å². The second kappa shape index (κ2) is 6.19. The maximum Gasteiger partial charge on any atom is 0.137 e. The van der Waals surface area contributed by atoms with Gasteiger partial charge in [-0.3, -0.25) is 0 Å². The van der Waals surface area contributed by atoms with Crippen LogP contribution in [0.15, 0.2) is 24.3 Å². The zero-order valence-corrected chi connectivity index (χ0v) is 13.8. The predicted molar refractivity (Wildman–Crippen MR) is 94.6 cm³/mol. The first-order valence-corrected chi connectivity index (χ1v) is 8.78. The topological polar surface area (TPSA) is 41.1 Å². The molecule has 1 aliphatic heterocycles. The highest BCUT2D eigenvalue weighted by atomic mass is 15.1. The Labute approximate surface area is 138 Å². The van der Waals surface area contributed by atoms with E-state index in [1.165, 1.54) is 55.7 Å². The molecule has 120 valence electrons. The van der Waals surface area contributed by atoms with Gasteiger partial charge in [-0.25, -0.2) is 9.97 Å². The van der Waals surface area contributed by atoms with Gasteiger partial charge in [-0.1, -0.05) is 0 Å². The fourth-order valence-corrected chi connectivity index (χ4v) is 3.70. The average molecular weight is 308 g/mol. The highest BCUT2D eigenvalue weighted by Crippen LogP contribution is 2.29. The molecule has 2 aromatic rings. The third kappa shape index (κ3) is 3.03. The summed E-state index contributed by atoms with van der Waals surface area (Å²) in [6.07, 6.45) is 7.36. The van der Waals surface area contributed by atoms with E-state index in [0.29, 0.717) is 0 Å². The highest BCUT2D eigenvalue weighted by molar-refractivity contribution is 5.64. The summed E-state index contributed by atoms with van der Waals surface area (Å²) in [5.41, 5.74) is 4.97. The minimum atomic E-state index is 0.859. The van der Waals surface area contributed by atoms with Crippen LogP contribution in [0.3, 0.4) is 0 Å². The van der Waals surface area contributed by atoms with Gasteiger partial charge in [0.15, 0.2) is 0 Å². The lowest BCUT2D eigenvalue weighted by atomic mass is 10.1. The molecule has 2 heterocycles. The van der Waals surface area contributed by atoms with Crippen LogP contribution in [-0.2, 0) is 12.8 Å². The SMILES string of the molecule is Cc1nc2c(c(Nc3ccc(N4CCCCC4)cc3)n1)CCC2. The molecule has 0 amide bonds. The number of anilines is 3. The van der Waals surface area contributed by atoms with Crippen molar-refractivity contribution in [1.29, 1.82) is 0 Å². The summed E-state index contributed by atoms with van der Waals surface area (Å²) in [5, 5.41) is 3.51. The summed E-state index contributed by atoms with van der Waals surface area (Å²) in [5.74, 6) is 1.86. The molecule has 1 aliphatic carbocycles. The Bertz CT molecular complexity index is 687. The van der Waals surface area contributed by atoms with Crippen LogP contribution in [0.1, 0.15) is 42.8 Å². The summed E-state index contributed by atoms with van der Waals surface area (Å²) < 4.78 is 0. The van der Waals surface area contributed by atoms with Crippen LogP contribution in [0.2, 0.25) is 0 Å². The van der Waals surface area contributed by atoms with Crippen molar-refractivity contribution in [3.05, 3.63) is 41.3 Å². The minimum absolute atomic E-state index is 0.859. The van der Waals surface area contributed by atoms with Crippen LogP contribution < -0.4 is 10.2 Å². The number of piperidine rings is 1. The Balaban J connectivity index is 1.53. The number of benzene rings is 1. The molecule has 0 saturated carbocycles. The van der Waals surface area contributed by atoms with E-state index >= 15 is 0 Å². The Morgan fingerprint density at radius 1 is 0.913 bits per heavy atom. The second-order valence-corrected chi connectivity index (χ2v) is 6.62. The summed E-state index contributed by atoms with van der Waals surface area (Å²) >= 11 is 0. The van der Waals surface area contributed by atoms with Gasteiger partial charge in [0.25, 0.3) is 0 Å². The molecule has 2 aliphatic rings. The Morgan fingerprint density at radius 3 is 2.48 bits per heavy atom. The third-order valence-corrected chi connectivity index (χ3v) is 4.90. The lowest BCUT2D eigenvalue weighted by Crippen LogP contribution is -2.29. The zero-order chi connectivity index (χ0) is 15.6. The number of fused-ring (bicyclic) bond motifs is 1. The summed E-state index contributed by atoms with van der Waals surface area (Å²) in [6.45, 7) is 4.35. The van der Waals surface area contributed by atoms with E-state index in [1.807, 2.05) is 6.92 Å². The monoisotopic (exact) mass is 308 g/mol. The quantitative estimate of drug-likeness (QED) is 0.930. The van der Waals surface area contributed by atoms with Crippen LogP contribution in [0, 0.1) is 6.92 Å². The van der Waals surface area contributed by atoms with Crippen LogP contribution in [0.4, 0.5) is 17.2 Å². The molecule has 4 heteroatoms. The van der Waals surface area contributed by atoms with E-state index in [0.717, 1.165) is 30.2 Å². The van der Waals surface area contributed by atoms with Crippen molar-refractivity contribution in [2.45, 2.75) is 45.4 Å². The van der Waals surface area contributed by atoms with Crippen molar-refractivity contribution in [1.82, 2.24) is 9.97 Å². The summed E-state index contributed by atoms with van der Waals surface area (Å²) in [7, 11) is 0. The lowest BCUT2D eigenvalue weighted by molar-refractivity contribution is 0.578. The zero-order valence-electron chi connectivity index (χ0n) is 13.8. The Hall–Kier alpha value is -2.10. The summed E-state index contributed by atoms with van der Waals surface area (Å²) in [6, 6.07) is 8.79. The van der Waals surface area contributed by atoms with E-state index in [2.05, 4.69) is 44.5 Å². The molecule has 1 N–H and O–H groups in total. The smallest absolute Gasteiger partial charge is 0.137 e. The molecule has 0 bridgehead atoms. The number of rotatable bonds is 3.